The fraction of sp³-hybridized carbons (Fsp3) is 0.318. The third-order valence-corrected chi connectivity index (χ3v) is 6.37. The van der Waals surface area contributed by atoms with Crippen molar-refractivity contribution in [3.63, 3.8) is 0 Å². The average molecular weight is 398 g/mol. The Bertz CT molecular complexity index is 1010. The molecule has 0 spiro atoms. The third kappa shape index (κ3) is 5.53. The maximum Gasteiger partial charge on any atom is 0.151 e. The van der Waals surface area contributed by atoms with E-state index in [4.69, 9.17) is 5.10 Å². The first-order valence-corrected chi connectivity index (χ1v) is 11.4. The van der Waals surface area contributed by atoms with E-state index in [9.17, 15) is 8.42 Å². The van der Waals surface area contributed by atoms with Gasteiger partial charge in [0.15, 0.2) is 9.84 Å². The van der Waals surface area contributed by atoms with E-state index in [1.807, 2.05) is 35.1 Å². The molecule has 28 heavy (non-hydrogen) atoms. The third-order valence-electron chi connectivity index (χ3n) is 4.66. The van der Waals surface area contributed by atoms with Crippen LogP contribution in [0.3, 0.4) is 0 Å². The molecule has 6 heteroatoms. The number of rotatable bonds is 9. The Balaban J connectivity index is 1.80. The van der Waals surface area contributed by atoms with Crippen LogP contribution in [0.2, 0.25) is 0 Å². The van der Waals surface area contributed by atoms with E-state index in [1.165, 1.54) is 11.1 Å². The molecule has 0 unspecified atom stereocenters. The van der Waals surface area contributed by atoms with Crippen LogP contribution in [-0.4, -0.2) is 36.2 Å². The second-order valence-corrected chi connectivity index (χ2v) is 9.44. The van der Waals surface area contributed by atoms with Crippen LogP contribution in [0.1, 0.15) is 23.6 Å². The smallest absolute Gasteiger partial charge is 0.151 e. The number of hydrogen-bond acceptors (Lipinski definition) is 4. The molecule has 1 N–H and O–H groups in total. The quantitative estimate of drug-likeness (QED) is 0.562. The van der Waals surface area contributed by atoms with Crippen molar-refractivity contribution >= 4 is 9.84 Å². The van der Waals surface area contributed by atoms with E-state index in [0.29, 0.717) is 19.6 Å². The van der Waals surface area contributed by atoms with Gasteiger partial charge in [-0.2, -0.15) is 5.10 Å². The maximum atomic E-state index is 11.7. The van der Waals surface area contributed by atoms with E-state index in [1.54, 1.807) is 6.92 Å². The van der Waals surface area contributed by atoms with Gasteiger partial charge in [0.1, 0.15) is 0 Å². The number of nitrogens with one attached hydrogen (secondary N) is 1. The van der Waals surface area contributed by atoms with Gasteiger partial charge in [-0.05, 0) is 18.6 Å². The molecule has 2 aromatic carbocycles. The lowest BCUT2D eigenvalue weighted by molar-refractivity contribution is 0.592. The first-order chi connectivity index (χ1) is 13.5. The number of nitrogens with zero attached hydrogens (tertiary/aromatic N) is 2. The number of aromatic nitrogens is 2. The van der Waals surface area contributed by atoms with Gasteiger partial charge in [0.25, 0.3) is 0 Å². The number of sulfone groups is 1. The van der Waals surface area contributed by atoms with Crippen LogP contribution in [0.4, 0.5) is 0 Å². The number of aryl methyl sites for hydroxylation is 1. The molecule has 0 aliphatic rings. The van der Waals surface area contributed by atoms with Gasteiger partial charge < -0.3 is 5.32 Å². The number of benzene rings is 2. The zero-order chi connectivity index (χ0) is 20.0. The van der Waals surface area contributed by atoms with Crippen LogP contribution >= 0.6 is 0 Å². The van der Waals surface area contributed by atoms with Crippen LogP contribution in [0.15, 0.2) is 60.8 Å². The van der Waals surface area contributed by atoms with Crippen molar-refractivity contribution in [1.82, 2.24) is 15.1 Å². The Morgan fingerprint density at radius 2 is 1.86 bits per heavy atom. The van der Waals surface area contributed by atoms with Gasteiger partial charge in [0.05, 0.1) is 18.0 Å². The van der Waals surface area contributed by atoms with Gasteiger partial charge in [-0.25, -0.2) is 8.42 Å². The molecular formula is C22H27N3O2S. The Morgan fingerprint density at radius 3 is 2.57 bits per heavy atom. The first-order valence-electron chi connectivity index (χ1n) is 9.55. The predicted octanol–water partition coefficient (Wildman–Crippen LogP) is 3.43. The van der Waals surface area contributed by atoms with Crippen LogP contribution < -0.4 is 5.32 Å². The van der Waals surface area contributed by atoms with Crippen molar-refractivity contribution in [2.75, 3.05) is 18.1 Å². The second kappa shape index (κ2) is 9.17. The summed E-state index contributed by atoms with van der Waals surface area (Å²) in [6.07, 6.45) is 2.05. The van der Waals surface area contributed by atoms with Crippen molar-refractivity contribution in [1.29, 1.82) is 0 Å². The zero-order valence-electron chi connectivity index (χ0n) is 16.4. The molecule has 3 rings (SSSR count). The molecule has 0 radical (unpaired) electrons. The summed E-state index contributed by atoms with van der Waals surface area (Å²) in [6, 6.07) is 18.5. The fourth-order valence-corrected chi connectivity index (χ4v) is 3.82. The highest BCUT2D eigenvalue weighted by Gasteiger charge is 2.13. The fourth-order valence-electron chi connectivity index (χ4n) is 3.07. The minimum Gasteiger partial charge on any atom is -0.312 e. The van der Waals surface area contributed by atoms with Crippen LogP contribution in [0.25, 0.3) is 11.3 Å². The molecule has 1 aromatic heterocycles. The average Bonchev–Trinajstić information content (AvgIpc) is 3.09. The van der Waals surface area contributed by atoms with Crippen molar-refractivity contribution < 1.29 is 8.42 Å². The largest absolute Gasteiger partial charge is 0.312 e. The molecular weight excluding hydrogens is 370 g/mol. The standard InChI is InChI=1S/C22H27N3O2S/c1-3-28(26,27)13-12-23-15-21-17-25(16-19-9-5-4-6-10-19)24-22(21)20-11-7-8-18(2)14-20/h4-11,14,17,23H,3,12-13,15-16H2,1-2H3. The van der Waals surface area contributed by atoms with Crippen molar-refractivity contribution in [2.24, 2.45) is 0 Å². The van der Waals surface area contributed by atoms with Gasteiger partial charge in [-0.15, -0.1) is 0 Å². The summed E-state index contributed by atoms with van der Waals surface area (Å²) in [5, 5.41) is 8.08. The lowest BCUT2D eigenvalue weighted by atomic mass is 10.1. The number of hydrogen-bond donors (Lipinski definition) is 1. The minimum atomic E-state index is -2.96. The van der Waals surface area contributed by atoms with Crippen molar-refractivity contribution in [2.45, 2.75) is 26.9 Å². The summed E-state index contributed by atoms with van der Waals surface area (Å²) in [6.45, 7) is 5.46. The van der Waals surface area contributed by atoms with E-state index in [-0.39, 0.29) is 11.5 Å². The normalized spacial score (nSPS) is 11.6. The molecule has 0 fully saturated rings. The molecule has 5 nitrogen and oxygen atoms in total. The summed E-state index contributed by atoms with van der Waals surface area (Å²) in [5.74, 6) is 0.333. The molecule has 0 aliphatic heterocycles. The SMILES string of the molecule is CCS(=O)(=O)CCNCc1cn(Cc2ccccc2)nc1-c1cccc(C)c1. The lowest BCUT2D eigenvalue weighted by Crippen LogP contribution is -2.23. The van der Waals surface area contributed by atoms with E-state index in [2.05, 4.69) is 42.6 Å². The van der Waals surface area contributed by atoms with Crippen molar-refractivity contribution in [3.05, 3.63) is 77.5 Å². The Kier molecular flexibility index (Phi) is 6.65. The molecule has 0 amide bonds. The monoisotopic (exact) mass is 397 g/mol. The molecule has 3 aromatic rings. The van der Waals surface area contributed by atoms with Crippen molar-refractivity contribution in [3.8, 4) is 11.3 Å². The molecule has 0 atom stereocenters. The lowest BCUT2D eigenvalue weighted by Gasteiger charge is -2.06. The van der Waals surface area contributed by atoms with E-state index < -0.39 is 9.84 Å². The Labute approximate surface area is 167 Å². The first kappa shape index (κ1) is 20.3. The molecule has 1 heterocycles. The molecule has 0 bridgehead atoms. The van der Waals surface area contributed by atoms with Crippen LogP contribution in [-0.2, 0) is 22.9 Å². The predicted molar refractivity (Wildman–Crippen MR) is 114 cm³/mol. The van der Waals surface area contributed by atoms with Gasteiger partial charge in [-0.3, -0.25) is 4.68 Å². The maximum absolute atomic E-state index is 11.7. The molecule has 0 aliphatic carbocycles. The topological polar surface area (TPSA) is 64.0 Å². The van der Waals surface area contributed by atoms with Crippen LogP contribution in [0.5, 0.6) is 0 Å². The van der Waals surface area contributed by atoms with Gasteiger partial charge in [-0.1, -0.05) is 61.0 Å². The summed E-state index contributed by atoms with van der Waals surface area (Å²) in [7, 11) is -2.96. The van der Waals surface area contributed by atoms with Crippen LogP contribution in [0, 0.1) is 6.92 Å². The highest BCUT2D eigenvalue weighted by atomic mass is 32.2. The minimum absolute atomic E-state index is 0.154. The van der Waals surface area contributed by atoms with Gasteiger partial charge in [0.2, 0.25) is 0 Å². The summed E-state index contributed by atoms with van der Waals surface area (Å²) in [5.41, 5.74) is 5.45. The highest BCUT2D eigenvalue weighted by Crippen LogP contribution is 2.23. The highest BCUT2D eigenvalue weighted by molar-refractivity contribution is 7.91. The van der Waals surface area contributed by atoms with E-state index in [0.717, 1.165) is 16.8 Å². The molecule has 0 saturated carbocycles. The second-order valence-electron chi connectivity index (χ2n) is 6.97. The Morgan fingerprint density at radius 1 is 1.07 bits per heavy atom. The summed E-state index contributed by atoms with van der Waals surface area (Å²) in [4.78, 5) is 0. The summed E-state index contributed by atoms with van der Waals surface area (Å²) < 4.78 is 25.3. The van der Waals surface area contributed by atoms with E-state index >= 15 is 0 Å². The van der Waals surface area contributed by atoms with Gasteiger partial charge in [0, 0.05) is 36.2 Å². The zero-order valence-corrected chi connectivity index (χ0v) is 17.2. The molecule has 148 valence electrons. The van der Waals surface area contributed by atoms with Gasteiger partial charge >= 0.3 is 0 Å². The molecule has 0 saturated heterocycles. The summed E-state index contributed by atoms with van der Waals surface area (Å²) >= 11 is 0. The Hall–Kier alpha value is -2.44.